The lowest BCUT2D eigenvalue weighted by Crippen LogP contribution is -2.27. The Kier molecular flexibility index (Phi) is 5.13. The largest absolute Gasteiger partial charge is 0.368 e. The number of hydrogen-bond donors (Lipinski definition) is 1. The summed E-state index contributed by atoms with van der Waals surface area (Å²) in [6.07, 6.45) is 2.18. The molecule has 1 aromatic heterocycles. The molecule has 1 aliphatic rings. The van der Waals surface area contributed by atoms with Gasteiger partial charge in [0.05, 0.1) is 5.52 Å². The average molecular weight is 405 g/mol. The predicted octanol–water partition coefficient (Wildman–Crippen LogP) is 4.64. The van der Waals surface area contributed by atoms with Crippen LogP contribution in [0.4, 0.5) is 5.95 Å². The smallest absolute Gasteiger partial charge is 0.273 e. The summed E-state index contributed by atoms with van der Waals surface area (Å²) in [5, 5.41) is 0.797. The van der Waals surface area contributed by atoms with E-state index >= 15 is 0 Å². The molecule has 150 valence electrons. The van der Waals surface area contributed by atoms with Gasteiger partial charge in [-0.05, 0) is 35.2 Å². The topological polar surface area (TPSA) is 72.1 Å². The van der Waals surface area contributed by atoms with Gasteiger partial charge >= 0.3 is 0 Å². The molecule has 4 rings (SSSR count). The third-order valence-corrected chi connectivity index (χ3v) is 7.35. The molecule has 2 aromatic carbocycles. The minimum Gasteiger partial charge on any atom is -0.368 e. The zero-order valence-electron chi connectivity index (χ0n) is 17.4. The van der Waals surface area contributed by atoms with Crippen molar-refractivity contribution in [2.75, 3.05) is 5.73 Å². The molecule has 0 radical (unpaired) electrons. The minimum atomic E-state index is -1.05. The van der Waals surface area contributed by atoms with Crippen LogP contribution in [0.5, 0.6) is 0 Å². The minimum absolute atomic E-state index is 0.0838. The number of carbonyl (C=O) groups is 1. The highest BCUT2D eigenvalue weighted by Gasteiger charge is 2.26. The quantitative estimate of drug-likeness (QED) is 0.629. The maximum Gasteiger partial charge on any atom is 0.273 e. The maximum absolute atomic E-state index is 13.3. The molecule has 6 heteroatoms. The first kappa shape index (κ1) is 19.6. The van der Waals surface area contributed by atoms with Gasteiger partial charge in [-0.1, -0.05) is 62.4 Å². The fourth-order valence-corrected chi connectivity index (χ4v) is 5.20. The number of rotatable bonds is 5. The number of aromatic nitrogens is 2. The van der Waals surface area contributed by atoms with E-state index in [1.54, 1.807) is 0 Å². The molecular weight excluding hydrogens is 376 g/mol. The number of anilines is 1. The second-order valence-electron chi connectivity index (χ2n) is 9.13. The van der Waals surface area contributed by atoms with Crippen LogP contribution in [-0.2, 0) is 19.5 Å². The van der Waals surface area contributed by atoms with Crippen molar-refractivity contribution >= 4 is 30.8 Å². The number of hydrogen-bond acceptors (Lipinski definition) is 4. The molecule has 5 nitrogen and oxygen atoms in total. The average Bonchev–Trinajstić information content (AvgIpc) is 3.10. The zero-order chi connectivity index (χ0) is 20.6. The molecule has 0 aliphatic carbocycles. The van der Waals surface area contributed by atoms with Gasteiger partial charge in [0.1, 0.15) is 5.69 Å². The van der Waals surface area contributed by atoms with Crippen molar-refractivity contribution in [3.63, 3.8) is 0 Å². The highest BCUT2D eigenvalue weighted by atomic mass is 28.3. The summed E-state index contributed by atoms with van der Waals surface area (Å²) in [5.74, 6) is 0.0589. The molecule has 2 N–H and O–H groups in total. The highest BCUT2D eigenvalue weighted by Crippen LogP contribution is 2.27. The van der Waals surface area contributed by atoms with Crippen LogP contribution >= 0.6 is 0 Å². The molecule has 0 spiro atoms. The first-order chi connectivity index (χ1) is 13.8. The van der Waals surface area contributed by atoms with Gasteiger partial charge in [-0.2, -0.15) is 0 Å². The monoisotopic (exact) mass is 404 g/mol. The lowest BCUT2D eigenvalue weighted by molar-refractivity contribution is 0.0747. The molecule has 29 heavy (non-hydrogen) atoms. The van der Waals surface area contributed by atoms with E-state index < -0.39 is 8.07 Å². The molecule has 0 bridgehead atoms. The molecule has 3 aromatic rings. The standard InChI is InChI=1S/C23H28N4OSi/c1-29(2,3)12-6-7-16-10-11-20-19(13-16)21(26-23(24)25-20)22(28)27-14-17-8-4-5-9-18(17)15-27/h4-5,8-11,13H,6-7,12,14-15H2,1-3H3,(H2,24,25,26). The third-order valence-electron chi connectivity index (χ3n) is 5.50. The van der Waals surface area contributed by atoms with Gasteiger partial charge in [-0.3, -0.25) is 4.79 Å². The van der Waals surface area contributed by atoms with Crippen LogP contribution in [0.3, 0.4) is 0 Å². The van der Waals surface area contributed by atoms with E-state index in [1.165, 1.54) is 29.2 Å². The lowest BCUT2D eigenvalue weighted by atomic mass is 10.1. The summed E-state index contributed by atoms with van der Waals surface area (Å²) < 4.78 is 0. The second-order valence-corrected chi connectivity index (χ2v) is 14.7. The molecule has 0 fully saturated rings. The van der Waals surface area contributed by atoms with Crippen LogP contribution in [-0.4, -0.2) is 28.8 Å². The van der Waals surface area contributed by atoms with Crippen LogP contribution in [0.15, 0.2) is 42.5 Å². The molecule has 2 heterocycles. The van der Waals surface area contributed by atoms with Gasteiger partial charge in [-0.25, -0.2) is 9.97 Å². The summed E-state index contributed by atoms with van der Waals surface area (Å²) in [6, 6.07) is 15.6. The van der Waals surface area contributed by atoms with Gasteiger partial charge in [0.2, 0.25) is 5.95 Å². The Morgan fingerprint density at radius 1 is 1.07 bits per heavy atom. The van der Waals surface area contributed by atoms with Crippen LogP contribution in [0.25, 0.3) is 10.9 Å². The normalized spacial score (nSPS) is 13.7. The summed E-state index contributed by atoms with van der Waals surface area (Å²) in [4.78, 5) is 23.9. The van der Waals surface area contributed by atoms with Crippen molar-refractivity contribution in [2.45, 2.75) is 51.6 Å². The van der Waals surface area contributed by atoms with E-state index in [0.29, 0.717) is 18.8 Å². The predicted molar refractivity (Wildman–Crippen MR) is 120 cm³/mol. The maximum atomic E-state index is 13.3. The Morgan fingerprint density at radius 3 is 2.41 bits per heavy atom. The van der Waals surface area contributed by atoms with E-state index in [4.69, 9.17) is 5.73 Å². The van der Waals surface area contributed by atoms with E-state index in [0.717, 1.165) is 17.3 Å². The molecule has 0 saturated carbocycles. The summed E-state index contributed by atoms with van der Waals surface area (Å²) in [5.41, 5.74) is 10.7. The number of nitrogen functional groups attached to an aromatic ring is 1. The molecule has 0 saturated heterocycles. The Labute approximate surface area is 173 Å². The Balaban J connectivity index is 1.63. The first-order valence-electron chi connectivity index (χ1n) is 10.2. The van der Waals surface area contributed by atoms with Crippen LogP contribution in [0.2, 0.25) is 25.7 Å². The van der Waals surface area contributed by atoms with Crippen molar-refractivity contribution in [3.8, 4) is 0 Å². The van der Waals surface area contributed by atoms with E-state index in [9.17, 15) is 4.79 Å². The Bertz CT molecular complexity index is 1050. The number of fused-ring (bicyclic) bond motifs is 2. The number of nitrogens with zero attached hydrogens (tertiary/aromatic N) is 3. The van der Waals surface area contributed by atoms with Crippen molar-refractivity contribution in [3.05, 3.63) is 64.8 Å². The van der Waals surface area contributed by atoms with E-state index in [-0.39, 0.29) is 11.9 Å². The fraction of sp³-hybridized carbons (Fsp3) is 0.348. The van der Waals surface area contributed by atoms with Crippen molar-refractivity contribution in [1.29, 1.82) is 0 Å². The number of nitrogens with two attached hydrogens (primary N) is 1. The van der Waals surface area contributed by atoms with E-state index in [2.05, 4.69) is 53.9 Å². The number of aryl methyl sites for hydroxylation is 1. The van der Waals surface area contributed by atoms with Gasteiger partial charge in [-0.15, -0.1) is 0 Å². The molecule has 1 aliphatic heterocycles. The first-order valence-corrected chi connectivity index (χ1v) is 13.9. The SMILES string of the molecule is C[Si](C)(C)CCCc1ccc2nc(N)nc(C(=O)N3Cc4ccccc4C3)c2c1. The van der Waals surface area contributed by atoms with Crippen LogP contribution in [0.1, 0.15) is 33.6 Å². The summed E-state index contributed by atoms with van der Waals surface area (Å²) >= 11 is 0. The fourth-order valence-electron chi connectivity index (χ4n) is 3.96. The highest BCUT2D eigenvalue weighted by molar-refractivity contribution is 6.76. The van der Waals surface area contributed by atoms with Gasteiger partial charge in [0, 0.05) is 26.5 Å². The van der Waals surface area contributed by atoms with Crippen molar-refractivity contribution in [2.24, 2.45) is 0 Å². The summed E-state index contributed by atoms with van der Waals surface area (Å²) in [6.45, 7) is 8.41. The van der Waals surface area contributed by atoms with Gasteiger partial charge in [0.25, 0.3) is 5.91 Å². The van der Waals surface area contributed by atoms with Crippen molar-refractivity contribution < 1.29 is 4.79 Å². The number of amides is 1. The second kappa shape index (κ2) is 7.59. The Hall–Kier alpha value is -2.73. The summed E-state index contributed by atoms with van der Waals surface area (Å²) in [7, 11) is -1.05. The zero-order valence-corrected chi connectivity index (χ0v) is 18.4. The third kappa shape index (κ3) is 4.32. The van der Waals surface area contributed by atoms with E-state index in [1.807, 2.05) is 23.1 Å². The number of benzene rings is 2. The van der Waals surface area contributed by atoms with Crippen LogP contribution < -0.4 is 5.73 Å². The lowest BCUT2D eigenvalue weighted by Gasteiger charge is -2.17. The molecule has 0 unspecified atom stereocenters. The number of carbonyl (C=O) groups excluding carboxylic acids is 1. The van der Waals surface area contributed by atoms with Crippen molar-refractivity contribution in [1.82, 2.24) is 14.9 Å². The molecular formula is C23H28N4OSi. The Morgan fingerprint density at radius 2 is 1.76 bits per heavy atom. The van der Waals surface area contributed by atoms with Gasteiger partial charge < -0.3 is 10.6 Å². The van der Waals surface area contributed by atoms with Crippen LogP contribution in [0, 0.1) is 0 Å². The molecule has 0 atom stereocenters. The van der Waals surface area contributed by atoms with Gasteiger partial charge in [0.15, 0.2) is 0 Å². The molecule has 1 amide bonds.